The van der Waals surface area contributed by atoms with E-state index in [1.54, 1.807) is 36.3 Å². The van der Waals surface area contributed by atoms with Gasteiger partial charge in [0.1, 0.15) is 6.33 Å². The zero-order valence-corrected chi connectivity index (χ0v) is 13.6. The van der Waals surface area contributed by atoms with Crippen molar-refractivity contribution < 1.29 is 8.42 Å². The van der Waals surface area contributed by atoms with Crippen LogP contribution in [0.4, 0.5) is 0 Å². The average Bonchev–Trinajstić information content (AvgIpc) is 2.78. The van der Waals surface area contributed by atoms with Crippen LogP contribution in [0.5, 0.6) is 0 Å². The molecule has 0 spiro atoms. The predicted molar refractivity (Wildman–Crippen MR) is 78.8 cm³/mol. The van der Waals surface area contributed by atoms with Crippen molar-refractivity contribution in [3.63, 3.8) is 0 Å². The highest BCUT2D eigenvalue weighted by Crippen LogP contribution is 2.19. The van der Waals surface area contributed by atoms with Crippen molar-refractivity contribution in [1.29, 1.82) is 0 Å². The minimum atomic E-state index is -3.50. The van der Waals surface area contributed by atoms with Crippen LogP contribution in [0.25, 0.3) is 0 Å². The van der Waals surface area contributed by atoms with Crippen molar-refractivity contribution in [3.8, 4) is 0 Å². The van der Waals surface area contributed by atoms with E-state index >= 15 is 0 Å². The Morgan fingerprint density at radius 1 is 1.40 bits per heavy atom. The van der Waals surface area contributed by atoms with Gasteiger partial charge in [-0.25, -0.2) is 18.1 Å². The van der Waals surface area contributed by atoms with Gasteiger partial charge in [-0.1, -0.05) is 15.9 Å². The molecule has 0 aliphatic carbocycles. The first-order chi connectivity index (χ1) is 9.38. The number of nitrogens with zero attached hydrogens (tertiary/aromatic N) is 3. The van der Waals surface area contributed by atoms with E-state index in [2.05, 4.69) is 30.7 Å². The Morgan fingerprint density at radius 3 is 2.75 bits per heavy atom. The number of aromatic nitrogens is 3. The van der Waals surface area contributed by atoms with E-state index < -0.39 is 10.0 Å². The highest BCUT2D eigenvalue weighted by atomic mass is 79.9. The Morgan fingerprint density at radius 2 is 2.15 bits per heavy atom. The van der Waals surface area contributed by atoms with Gasteiger partial charge in [0.2, 0.25) is 10.0 Å². The largest absolute Gasteiger partial charge is 0.256 e. The van der Waals surface area contributed by atoms with Gasteiger partial charge in [-0.2, -0.15) is 5.10 Å². The average molecular weight is 359 g/mol. The lowest BCUT2D eigenvalue weighted by molar-refractivity contribution is 0.580. The third-order valence-electron chi connectivity index (χ3n) is 2.73. The molecule has 0 fully saturated rings. The Bertz CT molecular complexity index is 712. The Balaban J connectivity index is 2.02. The monoisotopic (exact) mass is 358 g/mol. The summed E-state index contributed by atoms with van der Waals surface area (Å²) in [5.41, 5.74) is 0.874. The summed E-state index contributed by atoms with van der Waals surface area (Å²) in [6, 6.07) is 4.92. The van der Waals surface area contributed by atoms with Crippen LogP contribution in [0.15, 0.2) is 33.9 Å². The van der Waals surface area contributed by atoms with Crippen LogP contribution < -0.4 is 4.72 Å². The molecule has 2 aromatic rings. The van der Waals surface area contributed by atoms with Gasteiger partial charge in [0.05, 0.1) is 4.90 Å². The third-order valence-corrected chi connectivity index (χ3v) is 5.08. The van der Waals surface area contributed by atoms with Gasteiger partial charge < -0.3 is 0 Å². The van der Waals surface area contributed by atoms with Gasteiger partial charge in [0, 0.05) is 24.5 Å². The van der Waals surface area contributed by atoms with E-state index in [1.807, 2.05) is 6.92 Å². The van der Waals surface area contributed by atoms with Gasteiger partial charge in [0.15, 0.2) is 5.82 Å². The molecule has 2 rings (SSSR count). The van der Waals surface area contributed by atoms with E-state index in [4.69, 9.17) is 0 Å². The van der Waals surface area contributed by atoms with Gasteiger partial charge in [-0.15, -0.1) is 0 Å². The number of halogens is 1. The van der Waals surface area contributed by atoms with Crippen LogP contribution in [0.2, 0.25) is 0 Å². The fraction of sp³-hybridized carbons (Fsp3) is 0.333. The van der Waals surface area contributed by atoms with Crippen molar-refractivity contribution >= 4 is 26.0 Å². The molecule has 0 bridgehead atoms. The highest BCUT2D eigenvalue weighted by Gasteiger charge is 2.14. The van der Waals surface area contributed by atoms with E-state index in [1.165, 1.54) is 0 Å². The summed E-state index contributed by atoms with van der Waals surface area (Å²) >= 11 is 3.35. The van der Waals surface area contributed by atoms with E-state index in [0.29, 0.717) is 12.2 Å². The fourth-order valence-electron chi connectivity index (χ4n) is 1.66. The van der Waals surface area contributed by atoms with Crippen LogP contribution in [0.1, 0.15) is 11.4 Å². The molecule has 0 aliphatic rings. The lowest BCUT2D eigenvalue weighted by atomic mass is 10.2. The molecular weight excluding hydrogens is 344 g/mol. The van der Waals surface area contributed by atoms with Crippen LogP contribution in [-0.4, -0.2) is 29.7 Å². The zero-order chi connectivity index (χ0) is 14.8. The maximum absolute atomic E-state index is 12.1. The fourth-order valence-corrected chi connectivity index (χ4v) is 3.03. The highest BCUT2D eigenvalue weighted by molar-refractivity contribution is 9.10. The molecule has 0 saturated heterocycles. The molecule has 8 heteroatoms. The van der Waals surface area contributed by atoms with Crippen LogP contribution in [0.3, 0.4) is 0 Å². The molecule has 108 valence electrons. The predicted octanol–water partition coefficient (Wildman–Crippen LogP) is 1.41. The smallest absolute Gasteiger partial charge is 0.240 e. The normalized spacial score (nSPS) is 11.8. The minimum absolute atomic E-state index is 0.257. The number of rotatable bonds is 5. The zero-order valence-electron chi connectivity index (χ0n) is 11.2. The molecule has 6 nitrogen and oxygen atoms in total. The van der Waals surface area contributed by atoms with E-state index in [0.717, 1.165) is 10.0 Å². The molecule has 0 amide bonds. The van der Waals surface area contributed by atoms with Crippen molar-refractivity contribution in [1.82, 2.24) is 19.5 Å². The van der Waals surface area contributed by atoms with E-state index in [9.17, 15) is 8.42 Å². The standard InChI is InChI=1S/C12H15BrN4O2S/c1-9-7-10(3-4-11(9)13)20(18,19)15-6-5-12-14-8-17(2)16-12/h3-4,7-8,15H,5-6H2,1-2H3. The molecule has 1 aromatic heterocycles. The maximum atomic E-state index is 12.1. The summed E-state index contributed by atoms with van der Waals surface area (Å²) in [6.07, 6.45) is 2.04. The summed E-state index contributed by atoms with van der Waals surface area (Å²) in [5, 5.41) is 4.09. The first-order valence-electron chi connectivity index (χ1n) is 5.99. The summed E-state index contributed by atoms with van der Waals surface area (Å²) < 4.78 is 29.3. The van der Waals surface area contributed by atoms with Crippen molar-refractivity contribution in [3.05, 3.63) is 40.4 Å². The number of hydrogen-bond acceptors (Lipinski definition) is 4. The molecule has 20 heavy (non-hydrogen) atoms. The second kappa shape index (κ2) is 6.02. The van der Waals surface area contributed by atoms with Gasteiger partial charge in [-0.3, -0.25) is 4.68 Å². The third kappa shape index (κ3) is 3.65. The van der Waals surface area contributed by atoms with Crippen molar-refractivity contribution in [2.24, 2.45) is 7.05 Å². The van der Waals surface area contributed by atoms with Crippen LogP contribution in [-0.2, 0) is 23.5 Å². The molecule has 1 heterocycles. The van der Waals surface area contributed by atoms with Gasteiger partial charge in [-0.05, 0) is 30.7 Å². The van der Waals surface area contributed by atoms with Crippen LogP contribution in [0, 0.1) is 6.92 Å². The number of benzene rings is 1. The summed E-state index contributed by atoms with van der Waals surface area (Å²) in [7, 11) is -1.73. The Labute approximate surface area is 126 Å². The lowest BCUT2D eigenvalue weighted by Crippen LogP contribution is -2.26. The molecule has 0 aliphatic heterocycles. The van der Waals surface area contributed by atoms with Crippen LogP contribution >= 0.6 is 15.9 Å². The molecular formula is C12H15BrN4O2S. The Hall–Kier alpha value is -1.25. The quantitative estimate of drug-likeness (QED) is 0.876. The Kier molecular flexibility index (Phi) is 4.56. The van der Waals surface area contributed by atoms with E-state index in [-0.39, 0.29) is 11.4 Å². The minimum Gasteiger partial charge on any atom is -0.256 e. The van der Waals surface area contributed by atoms with Crippen molar-refractivity contribution in [2.45, 2.75) is 18.2 Å². The summed E-state index contributed by atoms with van der Waals surface area (Å²) in [4.78, 5) is 4.30. The number of aryl methyl sites for hydroxylation is 2. The lowest BCUT2D eigenvalue weighted by Gasteiger charge is -2.07. The first kappa shape index (κ1) is 15.1. The van der Waals surface area contributed by atoms with Gasteiger partial charge >= 0.3 is 0 Å². The SMILES string of the molecule is Cc1cc(S(=O)(=O)NCCc2ncn(C)n2)ccc1Br. The number of hydrogen-bond donors (Lipinski definition) is 1. The molecule has 1 N–H and O–H groups in total. The molecule has 0 unspecified atom stereocenters. The van der Waals surface area contributed by atoms with Crippen molar-refractivity contribution in [2.75, 3.05) is 6.54 Å². The summed E-state index contributed by atoms with van der Waals surface area (Å²) in [6.45, 7) is 2.11. The maximum Gasteiger partial charge on any atom is 0.240 e. The second-order valence-corrected chi connectivity index (χ2v) is 7.01. The topological polar surface area (TPSA) is 76.9 Å². The molecule has 1 aromatic carbocycles. The first-order valence-corrected chi connectivity index (χ1v) is 8.26. The molecule has 0 saturated carbocycles. The molecule has 0 atom stereocenters. The summed E-state index contributed by atoms with van der Waals surface area (Å²) in [5.74, 6) is 0.613. The number of nitrogens with one attached hydrogen (secondary N) is 1. The van der Waals surface area contributed by atoms with Gasteiger partial charge in [0.25, 0.3) is 0 Å². The second-order valence-electron chi connectivity index (χ2n) is 4.39. The molecule has 0 radical (unpaired) electrons. The number of sulfonamides is 1.